The predicted octanol–water partition coefficient (Wildman–Crippen LogP) is 4.67. The Balaban J connectivity index is 1.76. The van der Waals surface area contributed by atoms with E-state index in [-0.39, 0.29) is 18.3 Å². The molecule has 3 rings (SSSR count). The average molecular weight is 381 g/mol. The number of amides is 1. The summed E-state index contributed by atoms with van der Waals surface area (Å²) in [5.41, 5.74) is 1.69. The lowest BCUT2D eigenvalue weighted by Crippen LogP contribution is -2.14. The van der Waals surface area contributed by atoms with Gasteiger partial charge in [0.25, 0.3) is 5.91 Å². The van der Waals surface area contributed by atoms with Gasteiger partial charge in [-0.05, 0) is 42.0 Å². The summed E-state index contributed by atoms with van der Waals surface area (Å²) in [5.74, 6) is 0.891. The molecule has 0 aliphatic rings. The van der Waals surface area contributed by atoms with Crippen LogP contribution in [-0.4, -0.2) is 20.1 Å². The van der Waals surface area contributed by atoms with Gasteiger partial charge in [0.05, 0.1) is 25.5 Å². The summed E-state index contributed by atoms with van der Waals surface area (Å²) in [7, 11) is 3.08. The molecule has 0 atom stereocenters. The minimum Gasteiger partial charge on any atom is -0.497 e. The number of halogens is 1. The maximum atomic E-state index is 13.0. The van der Waals surface area contributed by atoms with E-state index in [9.17, 15) is 9.18 Å². The standard InChI is InChI=1S/C22H20FNO4/c1-26-17-11-12-19(21(13-17)27-2)24-22(25)18-5-3-4-6-20(18)28-14-15-7-9-16(23)10-8-15/h3-13H,14H2,1-2H3,(H,24,25). The normalized spacial score (nSPS) is 10.2. The topological polar surface area (TPSA) is 56.8 Å². The molecule has 0 spiro atoms. The highest BCUT2D eigenvalue weighted by Crippen LogP contribution is 2.30. The van der Waals surface area contributed by atoms with Gasteiger partial charge in [0.1, 0.15) is 29.7 Å². The van der Waals surface area contributed by atoms with Crippen LogP contribution in [0.2, 0.25) is 0 Å². The van der Waals surface area contributed by atoms with Crippen molar-refractivity contribution in [2.75, 3.05) is 19.5 Å². The largest absolute Gasteiger partial charge is 0.497 e. The maximum absolute atomic E-state index is 13.0. The van der Waals surface area contributed by atoms with Crippen molar-refractivity contribution in [3.05, 3.63) is 83.7 Å². The first-order chi connectivity index (χ1) is 13.6. The SMILES string of the molecule is COc1ccc(NC(=O)c2ccccc2OCc2ccc(F)cc2)c(OC)c1. The first-order valence-corrected chi connectivity index (χ1v) is 8.60. The van der Waals surface area contributed by atoms with Crippen molar-refractivity contribution >= 4 is 11.6 Å². The molecule has 0 aliphatic heterocycles. The molecule has 0 saturated carbocycles. The van der Waals surface area contributed by atoms with Crippen molar-refractivity contribution < 1.29 is 23.4 Å². The molecule has 0 aliphatic carbocycles. The Bertz CT molecular complexity index is 957. The summed E-state index contributed by atoms with van der Waals surface area (Å²) >= 11 is 0. The number of nitrogens with one attached hydrogen (secondary N) is 1. The van der Waals surface area contributed by atoms with Crippen molar-refractivity contribution in [2.45, 2.75) is 6.61 Å². The number of para-hydroxylation sites is 1. The van der Waals surface area contributed by atoms with Crippen LogP contribution in [0.5, 0.6) is 17.2 Å². The van der Waals surface area contributed by atoms with Crippen molar-refractivity contribution in [1.82, 2.24) is 0 Å². The van der Waals surface area contributed by atoms with E-state index in [0.29, 0.717) is 28.5 Å². The molecule has 6 heteroatoms. The molecule has 0 aromatic heterocycles. The lowest BCUT2D eigenvalue weighted by Gasteiger charge is -2.14. The van der Waals surface area contributed by atoms with Crippen LogP contribution in [0.4, 0.5) is 10.1 Å². The third-order valence-electron chi connectivity index (χ3n) is 4.10. The molecule has 0 saturated heterocycles. The van der Waals surface area contributed by atoms with E-state index in [4.69, 9.17) is 14.2 Å². The van der Waals surface area contributed by atoms with Crippen molar-refractivity contribution in [3.63, 3.8) is 0 Å². The summed E-state index contributed by atoms with van der Waals surface area (Å²) in [5, 5.41) is 2.83. The van der Waals surface area contributed by atoms with Gasteiger partial charge in [0, 0.05) is 6.07 Å². The summed E-state index contributed by atoms with van der Waals surface area (Å²) in [6.45, 7) is 0.219. The molecule has 144 valence electrons. The number of hydrogen-bond donors (Lipinski definition) is 1. The highest BCUT2D eigenvalue weighted by atomic mass is 19.1. The van der Waals surface area contributed by atoms with E-state index < -0.39 is 0 Å². The zero-order chi connectivity index (χ0) is 19.9. The minimum absolute atomic E-state index is 0.219. The van der Waals surface area contributed by atoms with Crippen molar-refractivity contribution in [3.8, 4) is 17.2 Å². The molecule has 3 aromatic carbocycles. The van der Waals surface area contributed by atoms with Crippen LogP contribution in [0.25, 0.3) is 0 Å². The number of ether oxygens (including phenoxy) is 3. The minimum atomic E-state index is -0.335. The highest BCUT2D eigenvalue weighted by Gasteiger charge is 2.15. The highest BCUT2D eigenvalue weighted by molar-refractivity contribution is 6.06. The van der Waals surface area contributed by atoms with E-state index in [1.54, 1.807) is 61.7 Å². The van der Waals surface area contributed by atoms with Gasteiger partial charge < -0.3 is 19.5 Å². The number of hydrogen-bond acceptors (Lipinski definition) is 4. The smallest absolute Gasteiger partial charge is 0.259 e. The fraction of sp³-hybridized carbons (Fsp3) is 0.136. The zero-order valence-electron chi connectivity index (χ0n) is 15.6. The van der Waals surface area contributed by atoms with Gasteiger partial charge in [-0.2, -0.15) is 0 Å². The summed E-state index contributed by atoms with van der Waals surface area (Å²) in [6.07, 6.45) is 0. The molecule has 0 radical (unpaired) electrons. The first-order valence-electron chi connectivity index (χ1n) is 8.60. The Kier molecular flexibility index (Phi) is 6.11. The van der Waals surface area contributed by atoms with Crippen LogP contribution in [0.1, 0.15) is 15.9 Å². The number of anilines is 1. The Morgan fingerprint density at radius 3 is 2.39 bits per heavy atom. The van der Waals surface area contributed by atoms with Crippen molar-refractivity contribution in [2.24, 2.45) is 0 Å². The monoisotopic (exact) mass is 381 g/mol. The number of benzene rings is 3. The fourth-order valence-electron chi connectivity index (χ4n) is 2.61. The van der Waals surface area contributed by atoms with Gasteiger partial charge >= 0.3 is 0 Å². The van der Waals surface area contributed by atoms with Crippen molar-refractivity contribution in [1.29, 1.82) is 0 Å². The second-order valence-corrected chi connectivity index (χ2v) is 5.93. The Morgan fingerprint density at radius 2 is 1.68 bits per heavy atom. The molecule has 1 N–H and O–H groups in total. The van der Waals surface area contributed by atoms with Crippen LogP contribution < -0.4 is 19.5 Å². The maximum Gasteiger partial charge on any atom is 0.259 e. The lowest BCUT2D eigenvalue weighted by molar-refractivity contribution is 0.102. The van der Waals surface area contributed by atoms with Gasteiger partial charge in [-0.1, -0.05) is 24.3 Å². The fourth-order valence-corrected chi connectivity index (χ4v) is 2.61. The molecule has 0 bridgehead atoms. The van der Waals surface area contributed by atoms with Crippen LogP contribution in [-0.2, 0) is 6.61 Å². The number of carbonyl (C=O) groups excluding carboxylic acids is 1. The van der Waals surface area contributed by atoms with Crippen LogP contribution in [0.3, 0.4) is 0 Å². The molecule has 3 aromatic rings. The molecule has 5 nitrogen and oxygen atoms in total. The van der Waals surface area contributed by atoms with Gasteiger partial charge in [0.2, 0.25) is 0 Å². The van der Waals surface area contributed by atoms with Gasteiger partial charge in [-0.3, -0.25) is 4.79 Å². The molecule has 0 fully saturated rings. The molecule has 0 heterocycles. The number of rotatable bonds is 7. The van der Waals surface area contributed by atoms with E-state index in [1.165, 1.54) is 19.2 Å². The van der Waals surface area contributed by atoms with Crippen LogP contribution in [0.15, 0.2) is 66.7 Å². The summed E-state index contributed by atoms with van der Waals surface area (Å²) in [4.78, 5) is 12.8. The van der Waals surface area contributed by atoms with E-state index in [0.717, 1.165) is 5.56 Å². The van der Waals surface area contributed by atoms with Crippen LogP contribution >= 0.6 is 0 Å². The van der Waals surface area contributed by atoms with Gasteiger partial charge in [0.15, 0.2) is 0 Å². The Morgan fingerprint density at radius 1 is 0.929 bits per heavy atom. The quantitative estimate of drug-likeness (QED) is 0.646. The average Bonchev–Trinajstić information content (AvgIpc) is 2.73. The third kappa shape index (κ3) is 4.59. The second-order valence-electron chi connectivity index (χ2n) is 5.93. The summed E-state index contributed by atoms with van der Waals surface area (Å²) in [6, 6.07) is 18.1. The van der Waals surface area contributed by atoms with Gasteiger partial charge in [-0.15, -0.1) is 0 Å². The number of carbonyl (C=O) groups is 1. The molecule has 0 unspecified atom stereocenters. The Hall–Kier alpha value is -3.54. The van der Waals surface area contributed by atoms with E-state index >= 15 is 0 Å². The predicted molar refractivity (Wildman–Crippen MR) is 105 cm³/mol. The van der Waals surface area contributed by atoms with E-state index in [2.05, 4.69) is 5.32 Å². The zero-order valence-corrected chi connectivity index (χ0v) is 15.6. The molecular formula is C22H20FNO4. The lowest BCUT2D eigenvalue weighted by atomic mass is 10.1. The first kappa shape index (κ1) is 19.2. The second kappa shape index (κ2) is 8.90. The Labute approximate surface area is 162 Å². The summed E-state index contributed by atoms with van der Waals surface area (Å²) < 4.78 is 29.3. The van der Waals surface area contributed by atoms with Gasteiger partial charge in [-0.25, -0.2) is 4.39 Å². The van der Waals surface area contributed by atoms with E-state index in [1.807, 2.05) is 0 Å². The molecular weight excluding hydrogens is 361 g/mol. The number of methoxy groups -OCH3 is 2. The molecule has 1 amide bonds. The molecule has 28 heavy (non-hydrogen) atoms. The van der Waals surface area contributed by atoms with Crippen LogP contribution in [0, 0.1) is 5.82 Å². The third-order valence-corrected chi connectivity index (χ3v) is 4.10.